The van der Waals surface area contributed by atoms with Gasteiger partial charge in [-0.15, -0.1) is 0 Å². The summed E-state index contributed by atoms with van der Waals surface area (Å²) in [6, 6.07) is 10.5. The molecule has 0 unspecified atom stereocenters. The van der Waals surface area contributed by atoms with Crippen molar-refractivity contribution in [1.82, 2.24) is 10.2 Å². The van der Waals surface area contributed by atoms with E-state index >= 15 is 0 Å². The highest BCUT2D eigenvalue weighted by molar-refractivity contribution is 6.42. The van der Waals surface area contributed by atoms with Gasteiger partial charge in [-0.3, -0.25) is 19.7 Å². The van der Waals surface area contributed by atoms with Crippen molar-refractivity contribution in [1.29, 1.82) is 0 Å². The van der Waals surface area contributed by atoms with E-state index in [2.05, 4.69) is 5.32 Å². The number of para-hydroxylation sites is 1. The third kappa shape index (κ3) is 5.99. The number of carbonyl (C=O) groups is 2. The Bertz CT molecular complexity index is 1010. The summed E-state index contributed by atoms with van der Waals surface area (Å²) in [6.07, 6.45) is 3.80. The topological polar surface area (TPSA) is 92.6 Å². The van der Waals surface area contributed by atoms with E-state index in [9.17, 15) is 19.7 Å². The quantitative estimate of drug-likeness (QED) is 0.431. The minimum Gasteiger partial charge on any atom is -0.352 e. The molecule has 1 fully saturated rings. The van der Waals surface area contributed by atoms with E-state index < -0.39 is 11.0 Å². The third-order valence-electron chi connectivity index (χ3n) is 5.74. The second-order valence-corrected chi connectivity index (χ2v) is 8.81. The molecule has 1 saturated carbocycles. The minimum absolute atomic E-state index is 0.113. The van der Waals surface area contributed by atoms with Crippen molar-refractivity contribution in [3.8, 4) is 0 Å². The molecule has 0 spiro atoms. The summed E-state index contributed by atoms with van der Waals surface area (Å²) in [4.78, 5) is 38.5. The van der Waals surface area contributed by atoms with Crippen LogP contribution < -0.4 is 5.32 Å². The molecule has 0 aromatic heterocycles. The van der Waals surface area contributed by atoms with E-state index in [1.54, 1.807) is 43.3 Å². The molecule has 1 N–H and O–H groups in total. The molecule has 0 bridgehead atoms. The van der Waals surface area contributed by atoms with Gasteiger partial charge in [-0.05, 0) is 37.5 Å². The normalized spacial score (nSPS) is 14.7. The highest BCUT2D eigenvalue weighted by Crippen LogP contribution is 2.25. The molecule has 2 amide bonds. The first-order valence-corrected chi connectivity index (χ1v) is 11.3. The van der Waals surface area contributed by atoms with Gasteiger partial charge in [0.05, 0.1) is 21.4 Å². The summed E-state index contributed by atoms with van der Waals surface area (Å²) in [5, 5.41) is 15.1. The maximum Gasteiger partial charge on any atom is 0.273 e. The Morgan fingerprint density at radius 3 is 2.50 bits per heavy atom. The summed E-state index contributed by atoms with van der Waals surface area (Å²) >= 11 is 12.1. The van der Waals surface area contributed by atoms with Crippen molar-refractivity contribution in [2.24, 2.45) is 0 Å². The standard InChI is InChI=1S/C23H25Cl2N3O4/c1-15(23(30)26-18-7-3-4-8-18)27(14-16-10-11-19(24)20(25)12-16)22(29)13-17-6-2-5-9-21(17)28(31)32/h2,5-6,9-12,15,18H,3-4,7-8,13-14H2,1H3,(H,26,30)/t15-/m0/s1. The van der Waals surface area contributed by atoms with Gasteiger partial charge < -0.3 is 10.2 Å². The zero-order valence-corrected chi connectivity index (χ0v) is 19.2. The molecule has 2 aromatic rings. The van der Waals surface area contributed by atoms with Gasteiger partial charge >= 0.3 is 0 Å². The Balaban J connectivity index is 1.84. The molecule has 3 rings (SSSR count). The Hall–Kier alpha value is -2.64. The predicted molar refractivity (Wildman–Crippen MR) is 124 cm³/mol. The van der Waals surface area contributed by atoms with Crippen LogP contribution in [-0.2, 0) is 22.6 Å². The summed E-state index contributed by atoms with van der Waals surface area (Å²) in [5.41, 5.74) is 0.874. The van der Waals surface area contributed by atoms with E-state index in [4.69, 9.17) is 23.2 Å². The molecule has 7 nitrogen and oxygen atoms in total. The molecule has 1 aliphatic carbocycles. The van der Waals surface area contributed by atoms with Crippen LogP contribution >= 0.6 is 23.2 Å². The van der Waals surface area contributed by atoms with Crippen LogP contribution in [0.5, 0.6) is 0 Å². The summed E-state index contributed by atoms with van der Waals surface area (Å²) in [7, 11) is 0. The van der Waals surface area contributed by atoms with Gasteiger partial charge in [-0.25, -0.2) is 0 Å². The first-order chi connectivity index (χ1) is 15.3. The van der Waals surface area contributed by atoms with Crippen LogP contribution in [0.25, 0.3) is 0 Å². The van der Waals surface area contributed by atoms with Gasteiger partial charge in [0, 0.05) is 24.2 Å². The Morgan fingerprint density at radius 1 is 1.16 bits per heavy atom. The van der Waals surface area contributed by atoms with Gasteiger partial charge in [-0.1, -0.05) is 60.3 Å². The summed E-state index contributed by atoms with van der Waals surface area (Å²) in [6.45, 7) is 1.79. The first-order valence-electron chi connectivity index (χ1n) is 10.5. The lowest BCUT2D eigenvalue weighted by atomic mass is 10.1. The lowest BCUT2D eigenvalue weighted by Crippen LogP contribution is -2.50. The van der Waals surface area contributed by atoms with Crippen molar-refractivity contribution in [2.45, 2.75) is 57.7 Å². The van der Waals surface area contributed by atoms with Crippen molar-refractivity contribution in [3.05, 3.63) is 73.8 Å². The summed E-state index contributed by atoms with van der Waals surface area (Å²) in [5.74, 6) is -0.632. The highest BCUT2D eigenvalue weighted by atomic mass is 35.5. The zero-order valence-electron chi connectivity index (χ0n) is 17.7. The van der Waals surface area contributed by atoms with E-state index in [0.29, 0.717) is 21.2 Å². The number of benzene rings is 2. The minimum atomic E-state index is -0.764. The monoisotopic (exact) mass is 477 g/mol. The number of rotatable bonds is 8. The molecular weight excluding hydrogens is 453 g/mol. The Kier molecular flexibility index (Phi) is 8.10. The fraction of sp³-hybridized carbons (Fsp3) is 0.391. The molecule has 0 saturated heterocycles. The van der Waals surface area contributed by atoms with Gasteiger partial charge in [0.25, 0.3) is 5.69 Å². The molecular formula is C23H25Cl2N3O4. The van der Waals surface area contributed by atoms with E-state index in [1.807, 2.05) is 0 Å². The first kappa shape index (κ1) is 24.0. The van der Waals surface area contributed by atoms with Crippen LogP contribution in [0, 0.1) is 10.1 Å². The fourth-order valence-electron chi connectivity index (χ4n) is 3.91. The van der Waals surface area contributed by atoms with Crippen molar-refractivity contribution in [3.63, 3.8) is 0 Å². The lowest BCUT2D eigenvalue weighted by molar-refractivity contribution is -0.385. The third-order valence-corrected chi connectivity index (χ3v) is 6.47. The number of nitro benzene ring substituents is 1. The number of nitrogens with zero attached hydrogens (tertiary/aromatic N) is 2. The number of carbonyl (C=O) groups excluding carboxylic acids is 2. The molecule has 9 heteroatoms. The molecule has 1 aliphatic rings. The fourth-order valence-corrected chi connectivity index (χ4v) is 4.23. The number of hydrogen-bond donors (Lipinski definition) is 1. The van der Waals surface area contributed by atoms with Crippen LogP contribution in [0.3, 0.4) is 0 Å². The zero-order chi connectivity index (χ0) is 23.3. The summed E-state index contributed by atoms with van der Waals surface area (Å²) < 4.78 is 0. The van der Waals surface area contributed by atoms with Crippen LogP contribution in [-0.4, -0.2) is 33.7 Å². The molecule has 32 heavy (non-hydrogen) atoms. The average molecular weight is 478 g/mol. The molecule has 1 atom stereocenters. The highest BCUT2D eigenvalue weighted by Gasteiger charge is 2.29. The number of halogens is 2. The predicted octanol–water partition coefficient (Wildman–Crippen LogP) is 4.92. The molecule has 0 radical (unpaired) electrons. The van der Waals surface area contributed by atoms with Crippen LogP contribution in [0.15, 0.2) is 42.5 Å². The smallest absolute Gasteiger partial charge is 0.273 e. The second-order valence-electron chi connectivity index (χ2n) is 8.00. The number of nitrogens with one attached hydrogen (secondary N) is 1. The number of hydrogen-bond acceptors (Lipinski definition) is 4. The van der Waals surface area contributed by atoms with Gasteiger partial charge in [0.2, 0.25) is 11.8 Å². The molecule has 0 aliphatic heterocycles. The molecule has 2 aromatic carbocycles. The number of amides is 2. The van der Waals surface area contributed by atoms with Gasteiger partial charge in [0.15, 0.2) is 0 Å². The van der Waals surface area contributed by atoms with Gasteiger partial charge in [0.1, 0.15) is 6.04 Å². The SMILES string of the molecule is C[C@@H](C(=O)NC1CCCC1)N(Cc1ccc(Cl)c(Cl)c1)C(=O)Cc1ccccc1[N+](=O)[O-]. The van der Waals surface area contributed by atoms with Crippen molar-refractivity contribution < 1.29 is 14.5 Å². The van der Waals surface area contributed by atoms with Crippen LogP contribution in [0.2, 0.25) is 10.0 Å². The van der Waals surface area contributed by atoms with Crippen LogP contribution in [0.1, 0.15) is 43.7 Å². The molecule has 0 heterocycles. The largest absolute Gasteiger partial charge is 0.352 e. The Morgan fingerprint density at radius 2 is 1.84 bits per heavy atom. The van der Waals surface area contributed by atoms with E-state index in [-0.39, 0.29) is 36.5 Å². The second kappa shape index (κ2) is 10.8. The average Bonchev–Trinajstić information content (AvgIpc) is 3.27. The Labute approximate surface area is 196 Å². The maximum atomic E-state index is 13.3. The van der Waals surface area contributed by atoms with Gasteiger partial charge in [-0.2, -0.15) is 0 Å². The molecule has 170 valence electrons. The van der Waals surface area contributed by atoms with Crippen molar-refractivity contribution in [2.75, 3.05) is 0 Å². The van der Waals surface area contributed by atoms with Crippen LogP contribution in [0.4, 0.5) is 5.69 Å². The van der Waals surface area contributed by atoms with E-state index in [0.717, 1.165) is 25.7 Å². The van der Waals surface area contributed by atoms with Crippen molar-refractivity contribution >= 4 is 40.7 Å². The maximum absolute atomic E-state index is 13.3. The van der Waals surface area contributed by atoms with E-state index in [1.165, 1.54) is 11.0 Å². The lowest BCUT2D eigenvalue weighted by Gasteiger charge is -2.30. The number of nitro groups is 1.